The second-order valence-corrected chi connectivity index (χ2v) is 5.96. The van der Waals surface area contributed by atoms with Gasteiger partial charge in [0.2, 0.25) is 5.91 Å². The molecule has 1 aliphatic heterocycles. The van der Waals surface area contributed by atoms with E-state index in [4.69, 9.17) is 4.74 Å². The maximum atomic E-state index is 12.1. The molecule has 7 heteroatoms. The van der Waals surface area contributed by atoms with Gasteiger partial charge in [-0.25, -0.2) is 4.79 Å². The molecule has 2 rings (SSSR count). The molecule has 1 heterocycles. The third-order valence-corrected chi connectivity index (χ3v) is 3.75. The van der Waals surface area contributed by atoms with Crippen LogP contribution in [0.5, 0.6) is 5.75 Å². The Hall–Kier alpha value is -2.28. The lowest BCUT2D eigenvalue weighted by Gasteiger charge is -2.18. The van der Waals surface area contributed by atoms with Crippen molar-refractivity contribution in [3.05, 3.63) is 24.3 Å². The third kappa shape index (κ3) is 4.85. The molecule has 1 aromatic rings. The molecule has 1 aliphatic rings. The predicted molar refractivity (Wildman–Crippen MR) is 88.0 cm³/mol. The summed E-state index contributed by atoms with van der Waals surface area (Å²) in [5.74, 6) is 0.760. The first kappa shape index (κ1) is 17.1. The molecule has 0 spiro atoms. The number of nitrogens with zero attached hydrogens (tertiary/aromatic N) is 1. The Morgan fingerprint density at radius 3 is 2.65 bits per heavy atom. The molecule has 0 saturated carbocycles. The molecule has 126 valence electrons. The van der Waals surface area contributed by atoms with Crippen molar-refractivity contribution in [1.29, 1.82) is 0 Å². The number of hydrogen-bond acceptors (Lipinski definition) is 3. The molecule has 0 aliphatic carbocycles. The molecular formula is C16H25N4O3+. The second kappa shape index (κ2) is 7.82. The van der Waals surface area contributed by atoms with Gasteiger partial charge in [0.15, 0.2) is 0 Å². The number of ether oxygens (including phenoxy) is 1. The summed E-state index contributed by atoms with van der Waals surface area (Å²) in [7, 11) is 5.66. The fourth-order valence-electron chi connectivity index (χ4n) is 2.48. The smallest absolute Gasteiger partial charge is 0.315 e. The van der Waals surface area contributed by atoms with Crippen molar-refractivity contribution < 1.29 is 19.2 Å². The van der Waals surface area contributed by atoms with E-state index in [1.807, 2.05) is 38.4 Å². The van der Waals surface area contributed by atoms with E-state index in [1.54, 1.807) is 12.0 Å². The fourth-order valence-corrected chi connectivity index (χ4v) is 2.48. The molecule has 7 nitrogen and oxygen atoms in total. The number of likely N-dealkylation sites (N-methyl/N-ethyl adjacent to an activating group) is 1. The Bertz CT molecular complexity index is 545. The van der Waals surface area contributed by atoms with Crippen molar-refractivity contribution >= 4 is 17.6 Å². The van der Waals surface area contributed by atoms with E-state index in [9.17, 15) is 9.59 Å². The Labute approximate surface area is 136 Å². The maximum Gasteiger partial charge on any atom is 0.315 e. The number of methoxy groups -OCH3 is 1. The van der Waals surface area contributed by atoms with Crippen LogP contribution < -0.4 is 25.2 Å². The number of carbonyl (C=O) groups excluding carboxylic acids is 2. The lowest BCUT2D eigenvalue weighted by Crippen LogP contribution is -3.06. The monoisotopic (exact) mass is 321 g/mol. The summed E-state index contributed by atoms with van der Waals surface area (Å²) in [5, 5.41) is 5.67. The standard InChI is InChI=1S/C16H24N4O3/c1-19(2)9-8-17-16(22)18-12-10-15(21)20(11-12)13-4-6-14(23-3)7-5-13/h4-7,12H,8-11H2,1-3H3,(H2,17,18,22)/p+1/t12-/m0/s1. The van der Waals surface area contributed by atoms with Gasteiger partial charge in [-0.15, -0.1) is 0 Å². The van der Waals surface area contributed by atoms with Gasteiger partial charge in [0.1, 0.15) is 5.75 Å². The first-order valence-electron chi connectivity index (χ1n) is 7.77. The molecular weight excluding hydrogens is 296 g/mol. The highest BCUT2D eigenvalue weighted by Gasteiger charge is 2.31. The number of benzene rings is 1. The van der Waals surface area contributed by atoms with Crippen LogP contribution in [0.4, 0.5) is 10.5 Å². The summed E-state index contributed by atoms with van der Waals surface area (Å²) in [6, 6.07) is 6.94. The van der Waals surface area contributed by atoms with E-state index in [0.29, 0.717) is 19.5 Å². The maximum absolute atomic E-state index is 12.1. The Morgan fingerprint density at radius 2 is 2.04 bits per heavy atom. The van der Waals surface area contributed by atoms with Gasteiger partial charge in [-0.3, -0.25) is 4.79 Å². The molecule has 0 aromatic heterocycles. The van der Waals surface area contributed by atoms with Crippen LogP contribution in [0.15, 0.2) is 24.3 Å². The van der Waals surface area contributed by atoms with Crippen molar-refractivity contribution in [3.63, 3.8) is 0 Å². The number of rotatable bonds is 6. The van der Waals surface area contributed by atoms with Gasteiger partial charge in [0, 0.05) is 18.7 Å². The van der Waals surface area contributed by atoms with Crippen LogP contribution in [-0.2, 0) is 4.79 Å². The number of anilines is 1. The minimum absolute atomic E-state index is 0.0122. The summed E-state index contributed by atoms with van der Waals surface area (Å²) in [5.41, 5.74) is 0.816. The minimum Gasteiger partial charge on any atom is -0.497 e. The number of quaternary nitrogens is 1. The number of hydrogen-bond donors (Lipinski definition) is 3. The Balaban J connectivity index is 1.85. The van der Waals surface area contributed by atoms with Gasteiger partial charge >= 0.3 is 6.03 Å². The van der Waals surface area contributed by atoms with E-state index in [2.05, 4.69) is 10.6 Å². The van der Waals surface area contributed by atoms with Crippen molar-refractivity contribution in [3.8, 4) is 5.75 Å². The van der Waals surface area contributed by atoms with Gasteiger partial charge in [-0.2, -0.15) is 0 Å². The van der Waals surface area contributed by atoms with Crippen LogP contribution in [0.3, 0.4) is 0 Å². The number of nitrogens with one attached hydrogen (secondary N) is 3. The predicted octanol–water partition coefficient (Wildman–Crippen LogP) is -0.756. The van der Waals surface area contributed by atoms with Crippen LogP contribution in [0.25, 0.3) is 0 Å². The highest BCUT2D eigenvalue weighted by Crippen LogP contribution is 2.24. The lowest BCUT2D eigenvalue weighted by atomic mass is 10.2. The highest BCUT2D eigenvalue weighted by atomic mass is 16.5. The summed E-state index contributed by atoms with van der Waals surface area (Å²) >= 11 is 0. The largest absolute Gasteiger partial charge is 0.497 e. The summed E-state index contributed by atoms with van der Waals surface area (Å²) in [6.45, 7) is 1.95. The van der Waals surface area contributed by atoms with Gasteiger partial charge in [0.05, 0.1) is 40.3 Å². The van der Waals surface area contributed by atoms with Crippen molar-refractivity contribution in [2.24, 2.45) is 0 Å². The topological polar surface area (TPSA) is 75.1 Å². The quantitative estimate of drug-likeness (QED) is 0.645. The van der Waals surface area contributed by atoms with Crippen LogP contribution in [0.1, 0.15) is 6.42 Å². The molecule has 0 radical (unpaired) electrons. The van der Waals surface area contributed by atoms with Gasteiger partial charge in [-0.1, -0.05) is 0 Å². The van der Waals surface area contributed by atoms with Gasteiger partial charge < -0.3 is 25.2 Å². The second-order valence-electron chi connectivity index (χ2n) is 5.96. The zero-order valence-electron chi connectivity index (χ0n) is 13.9. The average Bonchev–Trinajstić information content (AvgIpc) is 2.87. The fraction of sp³-hybridized carbons (Fsp3) is 0.500. The Morgan fingerprint density at radius 1 is 1.35 bits per heavy atom. The van der Waals surface area contributed by atoms with Crippen molar-refractivity contribution in [2.75, 3.05) is 45.7 Å². The van der Waals surface area contributed by atoms with E-state index >= 15 is 0 Å². The zero-order chi connectivity index (χ0) is 16.8. The van der Waals surface area contributed by atoms with Crippen LogP contribution in [-0.4, -0.2) is 58.8 Å². The molecule has 1 atom stereocenters. The van der Waals surface area contributed by atoms with E-state index < -0.39 is 0 Å². The van der Waals surface area contributed by atoms with Crippen LogP contribution in [0.2, 0.25) is 0 Å². The van der Waals surface area contributed by atoms with E-state index in [0.717, 1.165) is 18.0 Å². The first-order chi connectivity index (χ1) is 11.0. The molecule has 1 aromatic carbocycles. The van der Waals surface area contributed by atoms with Crippen molar-refractivity contribution in [2.45, 2.75) is 12.5 Å². The van der Waals surface area contributed by atoms with Crippen LogP contribution in [0, 0.1) is 0 Å². The number of carbonyl (C=O) groups is 2. The molecule has 3 N–H and O–H groups in total. The van der Waals surface area contributed by atoms with Crippen molar-refractivity contribution in [1.82, 2.24) is 10.6 Å². The first-order valence-corrected chi connectivity index (χ1v) is 7.77. The third-order valence-electron chi connectivity index (χ3n) is 3.75. The average molecular weight is 321 g/mol. The molecule has 1 saturated heterocycles. The number of amides is 3. The summed E-state index contributed by atoms with van der Waals surface area (Å²) in [6.07, 6.45) is 0.318. The zero-order valence-corrected chi connectivity index (χ0v) is 13.9. The molecule has 3 amide bonds. The summed E-state index contributed by atoms with van der Waals surface area (Å²) in [4.78, 5) is 26.9. The Kier molecular flexibility index (Phi) is 5.81. The van der Waals surface area contributed by atoms with Crippen LogP contribution >= 0.6 is 0 Å². The van der Waals surface area contributed by atoms with E-state index in [1.165, 1.54) is 4.90 Å². The minimum atomic E-state index is -0.222. The lowest BCUT2D eigenvalue weighted by molar-refractivity contribution is -0.856. The SMILES string of the molecule is COc1ccc(N2C[C@@H](NC(=O)NCC[NH+](C)C)CC2=O)cc1. The highest BCUT2D eigenvalue weighted by molar-refractivity contribution is 5.96. The van der Waals surface area contributed by atoms with Gasteiger partial charge in [-0.05, 0) is 24.3 Å². The number of urea groups is 1. The van der Waals surface area contributed by atoms with E-state index in [-0.39, 0.29) is 18.0 Å². The van der Waals surface area contributed by atoms with Gasteiger partial charge in [0.25, 0.3) is 0 Å². The normalized spacial score (nSPS) is 17.5. The molecule has 23 heavy (non-hydrogen) atoms. The summed E-state index contributed by atoms with van der Waals surface area (Å²) < 4.78 is 5.12. The molecule has 0 unspecified atom stereocenters. The molecule has 1 fully saturated rings. The molecule has 0 bridgehead atoms.